The van der Waals surface area contributed by atoms with Gasteiger partial charge in [-0.3, -0.25) is 9.89 Å². The molecule has 26 heavy (non-hydrogen) atoms. The summed E-state index contributed by atoms with van der Waals surface area (Å²) >= 11 is 0. The Morgan fingerprint density at radius 1 is 1.23 bits per heavy atom. The molecular weight excluding hydrogens is 443 g/mol. The molecule has 1 aliphatic heterocycles. The molecule has 148 valence electrons. The zero-order valence-electron chi connectivity index (χ0n) is 16.2. The molecule has 0 saturated carbocycles. The fourth-order valence-electron chi connectivity index (χ4n) is 3.12. The number of halogens is 1. The summed E-state index contributed by atoms with van der Waals surface area (Å²) in [6.45, 7) is 7.03. The van der Waals surface area contributed by atoms with E-state index >= 15 is 0 Å². The summed E-state index contributed by atoms with van der Waals surface area (Å²) in [7, 11) is 3.48. The number of ether oxygens (including phenoxy) is 2. The number of aliphatic imine (C=N–C) groups is 1. The third kappa shape index (κ3) is 7.57. The van der Waals surface area contributed by atoms with Crippen molar-refractivity contribution in [2.45, 2.75) is 32.2 Å². The van der Waals surface area contributed by atoms with Gasteiger partial charge in [-0.05, 0) is 56.6 Å². The van der Waals surface area contributed by atoms with Gasteiger partial charge in [0.1, 0.15) is 11.5 Å². The van der Waals surface area contributed by atoms with Crippen LogP contribution >= 0.6 is 24.0 Å². The number of rotatable bonds is 9. The van der Waals surface area contributed by atoms with Gasteiger partial charge >= 0.3 is 0 Å². The monoisotopic (exact) mass is 476 g/mol. The van der Waals surface area contributed by atoms with Gasteiger partial charge in [0.25, 0.3) is 0 Å². The van der Waals surface area contributed by atoms with Crippen LogP contribution in [0.3, 0.4) is 0 Å². The summed E-state index contributed by atoms with van der Waals surface area (Å²) < 4.78 is 10.9. The van der Waals surface area contributed by atoms with Gasteiger partial charge in [0, 0.05) is 26.2 Å². The van der Waals surface area contributed by atoms with Crippen molar-refractivity contribution in [2.24, 2.45) is 4.99 Å². The molecule has 0 bridgehead atoms. The fraction of sp³-hybridized carbons (Fsp3) is 0.632. The van der Waals surface area contributed by atoms with Crippen LogP contribution in [0.1, 0.15) is 26.2 Å². The van der Waals surface area contributed by atoms with E-state index in [1.165, 1.54) is 19.4 Å². The van der Waals surface area contributed by atoms with E-state index in [0.717, 1.165) is 43.5 Å². The van der Waals surface area contributed by atoms with E-state index in [9.17, 15) is 0 Å². The molecule has 6 nitrogen and oxygen atoms in total. The molecule has 1 fully saturated rings. The standard InChI is InChI=1S/C19H32N4O2.HI/c1-4-23-13-5-7-16(23)15-22-19(20-2)21-12-6-14-25-18-10-8-17(24-3)9-11-18;/h8-11,16H,4-7,12-15H2,1-3H3,(H2,20,21,22);1H. The number of benzene rings is 1. The maximum absolute atomic E-state index is 5.73. The first-order valence-electron chi connectivity index (χ1n) is 9.22. The van der Waals surface area contributed by atoms with Crippen molar-refractivity contribution in [3.8, 4) is 11.5 Å². The summed E-state index contributed by atoms with van der Waals surface area (Å²) in [4.78, 5) is 6.83. The lowest BCUT2D eigenvalue weighted by Crippen LogP contribution is -2.45. The predicted molar refractivity (Wildman–Crippen MR) is 118 cm³/mol. The number of guanidine groups is 1. The first-order chi connectivity index (χ1) is 12.3. The first kappa shape index (κ1) is 22.8. The molecule has 0 amide bonds. The van der Waals surface area contributed by atoms with Gasteiger partial charge in [0.05, 0.1) is 13.7 Å². The summed E-state index contributed by atoms with van der Waals surface area (Å²) in [5.74, 6) is 2.57. The Bertz CT molecular complexity index is 525. The van der Waals surface area contributed by atoms with E-state index in [-0.39, 0.29) is 24.0 Å². The second-order valence-electron chi connectivity index (χ2n) is 6.18. The van der Waals surface area contributed by atoms with Crippen molar-refractivity contribution in [3.05, 3.63) is 24.3 Å². The van der Waals surface area contributed by atoms with Crippen LogP contribution in [-0.4, -0.2) is 63.8 Å². The minimum absolute atomic E-state index is 0. The van der Waals surface area contributed by atoms with Gasteiger partial charge in [-0.25, -0.2) is 0 Å². The molecule has 1 aromatic carbocycles. The molecule has 7 heteroatoms. The molecule has 0 aliphatic carbocycles. The predicted octanol–water partition coefficient (Wildman–Crippen LogP) is 2.73. The minimum Gasteiger partial charge on any atom is -0.497 e. The Morgan fingerprint density at radius 3 is 2.62 bits per heavy atom. The van der Waals surface area contributed by atoms with E-state index in [4.69, 9.17) is 9.47 Å². The van der Waals surface area contributed by atoms with Crippen molar-refractivity contribution in [3.63, 3.8) is 0 Å². The van der Waals surface area contributed by atoms with Gasteiger partial charge in [0.2, 0.25) is 0 Å². The van der Waals surface area contributed by atoms with Gasteiger partial charge < -0.3 is 20.1 Å². The Labute approximate surface area is 174 Å². The molecule has 1 unspecified atom stereocenters. The van der Waals surface area contributed by atoms with Crippen molar-refractivity contribution in [1.29, 1.82) is 0 Å². The maximum atomic E-state index is 5.73. The lowest BCUT2D eigenvalue weighted by atomic mass is 10.2. The molecule has 1 saturated heterocycles. The van der Waals surface area contributed by atoms with Crippen LogP contribution in [0.5, 0.6) is 11.5 Å². The van der Waals surface area contributed by atoms with E-state index in [1.54, 1.807) is 7.11 Å². The van der Waals surface area contributed by atoms with Crippen molar-refractivity contribution >= 4 is 29.9 Å². The Morgan fingerprint density at radius 2 is 1.96 bits per heavy atom. The van der Waals surface area contributed by atoms with E-state index in [2.05, 4.69) is 27.4 Å². The van der Waals surface area contributed by atoms with E-state index in [1.807, 2.05) is 31.3 Å². The second-order valence-corrected chi connectivity index (χ2v) is 6.18. The topological polar surface area (TPSA) is 58.1 Å². The van der Waals surface area contributed by atoms with Crippen LogP contribution in [0, 0.1) is 0 Å². The minimum atomic E-state index is 0. The quantitative estimate of drug-likeness (QED) is 0.249. The highest BCUT2D eigenvalue weighted by atomic mass is 127. The van der Waals surface area contributed by atoms with Crippen LogP contribution in [-0.2, 0) is 0 Å². The third-order valence-electron chi connectivity index (χ3n) is 4.58. The molecule has 1 heterocycles. The first-order valence-corrected chi connectivity index (χ1v) is 9.22. The molecule has 0 aromatic heterocycles. The Balaban J connectivity index is 0.00000338. The number of likely N-dealkylation sites (N-methyl/N-ethyl adjacent to an activating group) is 1. The van der Waals surface area contributed by atoms with Crippen LogP contribution in [0.25, 0.3) is 0 Å². The second kappa shape index (κ2) is 13.0. The normalized spacial score (nSPS) is 17.5. The molecule has 2 N–H and O–H groups in total. The number of nitrogens with zero attached hydrogens (tertiary/aromatic N) is 2. The van der Waals surface area contributed by atoms with E-state index < -0.39 is 0 Å². The highest BCUT2D eigenvalue weighted by Crippen LogP contribution is 2.17. The molecular formula is C19H33IN4O2. The molecule has 2 rings (SSSR count). The van der Waals surface area contributed by atoms with Crippen molar-refractivity contribution in [2.75, 3.05) is 46.9 Å². The Hall–Kier alpha value is -1.22. The Kier molecular flexibility index (Phi) is 11.4. The van der Waals surface area contributed by atoms with Crippen molar-refractivity contribution in [1.82, 2.24) is 15.5 Å². The smallest absolute Gasteiger partial charge is 0.191 e. The zero-order chi connectivity index (χ0) is 17.9. The number of hydrogen-bond acceptors (Lipinski definition) is 4. The summed E-state index contributed by atoms with van der Waals surface area (Å²) in [6.07, 6.45) is 3.49. The SMILES string of the molecule is CCN1CCCC1CNC(=NC)NCCCOc1ccc(OC)cc1.I. The highest BCUT2D eigenvalue weighted by Gasteiger charge is 2.22. The number of hydrogen-bond donors (Lipinski definition) is 2. The molecule has 1 atom stereocenters. The lowest BCUT2D eigenvalue weighted by Gasteiger charge is -2.24. The largest absolute Gasteiger partial charge is 0.497 e. The van der Waals surface area contributed by atoms with Crippen LogP contribution in [0.2, 0.25) is 0 Å². The van der Waals surface area contributed by atoms with Crippen LogP contribution < -0.4 is 20.1 Å². The van der Waals surface area contributed by atoms with E-state index in [0.29, 0.717) is 12.6 Å². The van der Waals surface area contributed by atoms with Crippen LogP contribution in [0.15, 0.2) is 29.3 Å². The average Bonchev–Trinajstić information content (AvgIpc) is 3.12. The summed E-state index contributed by atoms with van der Waals surface area (Å²) in [6, 6.07) is 8.29. The maximum Gasteiger partial charge on any atom is 0.191 e. The van der Waals surface area contributed by atoms with Crippen molar-refractivity contribution < 1.29 is 9.47 Å². The molecule has 0 spiro atoms. The van der Waals surface area contributed by atoms with Gasteiger partial charge in [-0.1, -0.05) is 6.92 Å². The lowest BCUT2D eigenvalue weighted by molar-refractivity contribution is 0.267. The average molecular weight is 476 g/mol. The van der Waals surface area contributed by atoms with Gasteiger partial charge in [0.15, 0.2) is 5.96 Å². The fourth-order valence-corrected chi connectivity index (χ4v) is 3.12. The number of methoxy groups -OCH3 is 1. The zero-order valence-corrected chi connectivity index (χ0v) is 18.5. The van der Waals surface area contributed by atoms with Crippen LogP contribution in [0.4, 0.5) is 0 Å². The molecule has 1 aliphatic rings. The highest BCUT2D eigenvalue weighted by molar-refractivity contribution is 14.0. The molecule has 0 radical (unpaired) electrons. The summed E-state index contributed by atoms with van der Waals surface area (Å²) in [5, 5.41) is 6.79. The summed E-state index contributed by atoms with van der Waals surface area (Å²) in [5.41, 5.74) is 0. The number of likely N-dealkylation sites (tertiary alicyclic amines) is 1. The van der Waals surface area contributed by atoms with Gasteiger partial charge in [-0.2, -0.15) is 0 Å². The third-order valence-corrected chi connectivity index (χ3v) is 4.58. The number of nitrogens with one attached hydrogen (secondary N) is 2. The van der Waals surface area contributed by atoms with Gasteiger partial charge in [-0.15, -0.1) is 24.0 Å². The molecule has 1 aromatic rings.